The minimum atomic E-state index is -1.44. The Kier molecular flexibility index (Phi) is 79.9. The molecule has 0 aromatic heterocycles. The Balaban J connectivity index is -0.0000000845. The van der Waals surface area contributed by atoms with Crippen LogP contribution < -0.4 is 0 Å². The van der Waals surface area contributed by atoms with Crippen molar-refractivity contribution in [2.45, 2.75) is 129 Å². The van der Waals surface area contributed by atoms with Crippen molar-refractivity contribution in [1.29, 1.82) is 0 Å². The minimum Gasteiger partial charge on any atom is -0.394 e. The summed E-state index contributed by atoms with van der Waals surface area (Å²) in [5.74, 6) is 0.227. The topological polar surface area (TPSA) is 233 Å². The Morgan fingerprint density at radius 2 is 0.981 bits per heavy atom. The van der Waals surface area contributed by atoms with Crippen molar-refractivity contribution in [3.05, 3.63) is 12.2 Å². The van der Waals surface area contributed by atoms with Crippen molar-refractivity contribution in [2.75, 3.05) is 26.4 Å². The molecule has 52 heavy (non-hydrogen) atoms. The molecule has 2 aliphatic rings. The summed E-state index contributed by atoms with van der Waals surface area (Å²) in [5, 5.41) is 75.9. The van der Waals surface area contributed by atoms with Gasteiger partial charge < -0.3 is 59.8 Å². The zero-order valence-electron chi connectivity index (χ0n) is 31.4. The molecule has 0 amide bonds. The SMILES string of the molecule is CC.CC(=O)[C@@H](C)CC=CCO[C@H]1OC(CO)[C@H](O)[C@H](O)C1O.CC(=O)[C@@H](C)CCCCO[C@H]1OC(CO)[C@H](O)[C@H](O)C1O.[Ac].[Ac].[Ac].[Ac].[Ac].[Ac].[Ac].[Ac]. The standard InChI is InChI=1S/C14H26O7.C14H24O7.C2H6.8Ac/c2*1-8(9(2)16)5-3-4-6-20-14-13(19)12(18)11(17)10(7-15)21-14;1-2;;;;;;;;/h8,10-15,17-19H,3-7H2,1-2H3;3-4,8,10-15,17-19H,5-7H2,1-2H3;1-2H3;;;;;;;;/t2*8-,10?,11-,12-,13?,14-;;;;;;;;;/m00........./s1. The van der Waals surface area contributed by atoms with Gasteiger partial charge in [0.1, 0.15) is 60.4 Å². The molecule has 2 aliphatic heterocycles. The Morgan fingerprint density at radius 3 is 1.35 bits per heavy atom. The van der Waals surface area contributed by atoms with Gasteiger partial charge in [0.2, 0.25) is 0 Å². The second-order valence-electron chi connectivity index (χ2n) is 10.8. The van der Waals surface area contributed by atoms with Crippen LogP contribution in [0.5, 0.6) is 0 Å². The molecule has 22 heteroatoms. The Hall–Kier alpha value is 10.1. The summed E-state index contributed by atoms with van der Waals surface area (Å²) in [6, 6.07) is 0. The average Bonchev–Trinajstić information content (AvgIpc) is 3.01. The summed E-state index contributed by atoms with van der Waals surface area (Å²) in [5.41, 5.74) is 0. The summed E-state index contributed by atoms with van der Waals surface area (Å²) in [6.45, 7) is 10.3. The van der Waals surface area contributed by atoms with Crippen LogP contribution in [0.15, 0.2) is 12.2 Å². The van der Waals surface area contributed by atoms with E-state index in [-0.39, 0.29) is 383 Å². The molecule has 2 saturated heterocycles. The van der Waals surface area contributed by atoms with E-state index in [0.29, 0.717) is 19.4 Å². The molecule has 0 saturated carbocycles. The van der Waals surface area contributed by atoms with Crippen molar-refractivity contribution in [3.8, 4) is 0 Å². The maximum Gasteiger partial charge on any atom is 0.187 e. The molecular formula is C30H56Ac8O14. The molecule has 8 N–H and O–H groups in total. The van der Waals surface area contributed by atoms with E-state index in [1.807, 2.05) is 27.7 Å². The zero-order chi connectivity index (χ0) is 34.0. The molecule has 0 aromatic carbocycles. The van der Waals surface area contributed by atoms with Crippen LogP contribution in [0.2, 0.25) is 0 Å². The maximum absolute atomic E-state index is 11.1. The number of ether oxygens (including phenoxy) is 4. The first-order chi connectivity index (χ1) is 20.8. The van der Waals surface area contributed by atoms with Crippen LogP contribution in [-0.4, -0.2) is 140 Å². The minimum absolute atomic E-state index is 0. The number of hydrogen-bond donors (Lipinski definition) is 8. The molecule has 0 aliphatic carbocycles. The van der Waals surface area contributed by atoms with Gasteiger partial charge in [0.15, 0.2) is 12.6 Å². The van der Waals surface area contributed by atoms with Crippen LogP contribution in [0.4, 0.5) is 0 Å². The van der Waals surface area contributed by atoms with E-state index in [1.54, 1.807) is 19.1 Å². The van der Waals surface area contributed by atoms with Gasteiger partial charge in [-0.15, -0.1) is 0 Å². The van der Waals surface area contributed by atoms with Gasteiger partial charge in [-0.2, -0.15) is 0 Å². The average molecular weight is 2460 g/mol. The van der Waals surface area contributed by atoms with E-state index in [2.05, 4.69) is 0 Å². The molecule has 14 nitrogen and oxygen atoms in total. The largest absolute Gasteiger partial charge is 0.394 e. The number of Topliss-reactive ketones (excluding diaryl/α,β-unsaturated/α-hetero) is 2. The fourth-order valence-corrected chi connectivity index (χ4v) is 4.05. The monoisotopic (exact) mass is 2460 g/mol. The summed E-state index contributed by atoms with van der Waals surface area (Å²) in [4.78, 5) is 22.1. The molecule has 284 valence electrons. The van der Waals surface area contributed by atoms with E-state index >= 15 is 0 Å². The first kappa shape index (κ1) is 82.3. The number of carbonyl (C=O) groups is 2. The third-order valence-electron chi connectivity index (χ3n) is 7.41. The third-order valence-corrected chi connectivity index (χ3v) is 7.41. The first-order valence-electron chi connectivity index (χ1n) is 15.3. The van der Waals surface area contributed by atoms with E-state index in [1.165, 1.54) is 6.92 Å². The summed E-state index contributed by atoms with van der Waals surface area (Å²) < 4.78 is 21.0. The van der Waals surface area contributed by atoms with Crippen LogP contribution >= 0.6 is 0 Å². The molecular weight excluding hydrogens is 2400 g/mol. The van der Waals surface area contributed by atoms with Gasteiger partial charge in [-0.25, -0.2) is 0 Å². The molecule has 0 aromatic rings. The molecule has 2 fully saturated rings. The maximum atomic E-state index is 11.1. The van der Waals surface area contributed by atoms with Crippen LogP contribution in [0.3, 0.4) is 0 Å². The van der Waals surface area contributed by atoms with E-state index in [4.69, 9.17) is 29.2 Å². The fraction of sp³-hybridized carbons (Fsp3) is 0.867. The number of aliphatic hydroxyl groups excluding tert-OH is 8. The van der Waals surface area contributed by atoms with Crippen LogP contribution in [0.25, 0.3) is 0 Å². The van der Waals surface area contributed by atoms with Gasteiger partial charge in [0.05, 0.1) is 19.8 Å². The second kappa shape index (κ2) is 50.5. The number of allylic oxidation sites excluding steroid dienone is 1. The number of ketones is 2. The number of unbranched alkanes of at least 4 members (excludes halogenated alkanes) is 1. The van der Waals surface area contributed by atoms with Crippen molar-refractivity contribution in [3.63, 3.8) is 0 Å². The smallest absolute Gasteiger partial charge is 0.187 e. The Bertz CT molecular complexity index is 839. The van der Waals surface area contributed by atoms with Gasteiger partial charge in [0.25, 0.3) is 0 Å². The van der Waals surface area contributed by atoms with Crippen molar-refractivity contribution >= 4 is 11.6 Å². The Morgan fingerprint density at radius 1 is 0.596 bits per heavy atom. The van der Waals surface area contributed by atoms with Crippen LogP contribution in [0, 0.1) is 364 Å². The molecule has 0 bridgehead atoms. The molecule has 0 spiro atoms. The predicted octanol–water partition coefficient (Wildman–Crippen LogP) is -0.801. The summed E-state index contributed by atoms with van der Waals surface area (Å²) in [7, 11) is 0. The van der Waals surface area contributed by atoms with Gasteiger partial charge in [-0.1, -0.05) is 46.3 Å². The first-order valence-corrected chi connectivity index (χ1v) is 15.3. The van der Waals surface area contributed by atoms with E-state index in [9.17, 15) is 40.2 Å². The van der Waals surface area contributed by atoms with Crippen molar-refractivity contribution < 1.29 is 422 Å². The number of hydrogen-bond acceptors (Lipinski definition) is 14. The number of rotatable bonds is 15. The fourth-order valence-electron chi connectivity index (χ4n) is 4.05. The summed E-state index contributed by atoms with van der Waals surface area (Å²) >= 11 is 0. The molecule has 12 atom stereocenters. The number of carbonyl (C=O) groups excluding carboxylic acids is 2. The zero-order valence-corrected chi connectivity index (χ0v) is 69.4. The Labute approximate surface area is 596 Å². The predicted molar refractivity (Wildman–Crippen MR) is 158 cm³/mol. The van der Waals surface area contributed by atoms with E-state index in [0.717, 1.165) is 12.8 Å². The van der Waals surface area contributed by atoms with Gasteiger partial charge in [-0.05, 0) is 33.1 Å². The van der Waals surface area contributed by atoms with Gasteiger partial charge >= 0.3 is 0 Å². The van der Waals surface area contributed by atoms with Gasteiger partial charge in [0, 0.05) is 371 Å². The molecule has 2 heterocycles. The number of aliphatic hydroxyl groups is 8. The van der Waals surface area contributed by atoms with Crippen molar-refractivity contribution in [2.24, 2.45) is 11.8 Å². The third kappa shape index (κ3) is 34.4. The van der Waals surface area contributed by atoms with Crippen molar-refractivity contribution in [1.82, 2.24) is 0 Å². The van der Waals surface area contributed by atoms with E-state index < -0.39 is 74.6 Å². The molecule has 4 unspecified atom stereocenters. The van der Waals surface area contributed by atoms with Crippen LogP contribution in [-0.2, 0) is 28.5 Å². The summed E-state index contributed by atoms with van der Waals surface area (Å²) in [6.07, 6.45) is -6.20. The molecule has 8 radical (unpaired) electrons. The normalized spacial score (nSPS) is 28.3. The molecule has 2 rings (SSSR count). The van der Waals surface area contributed by atoms with Crippen LogP contribution in [0.1, 0.15) is 67.2 Å². The second-order valence-corrected chi connectivity index (χ2v) is 10.8. The quantitative estimate of drug-likeness (QED) is 0.0742. The van der Waals surface area contributed by atoms with Gasteiger partial charge in [-0.3, -0.25) is 9.59 Å².